The summed E-state index contributed by atoms with van der Waals surface area (Å²) in [6, 6.07) is 2.59. The van der Waals surface area contributed by atoms with Crippen LogP contribution in [0.4, 0.5) is 0 Å². The minimum Gasteiger partial charge on any atom is -0.301 e. The number of nitriles is 1. The maximum atomic E-state index is 8.92. The van der Waals surface area contributed by atoms with Gasteiger partial charge < -0.3 is 4.84 Å². The first-order chi connectivity index (χ1) is 6.74. The van der Waals surface area contributed by atoms with Gasteiger partial charge in [0.2, 0.25) is 0 Å². The van der Waals surface area contributed by atoms with Crippen molar-refractivity contribution in [3.8, 4) is 6.07 Å². The van der Waals surface area contributed by atoms with E-state index in [-0.39, 0.29) is 12.0 Å². The Morgan fingerprint density at radius 1 is 1.43 bits per heavy atom. The third kappa shape index (κ3) is 3.65. The molecule has 1 N–H and O–H groups in total. The van der Waals surface area contributed by atoms with E-state index in [1.807, 2.05) is 0 Å². The Balaban J connectivity index is 2.24. The van der Waals surface area contributed by atoms with Gasteiger partial charge in [-0.15, -0.1) is 0 Å². The Morgan fingerprint density at radius 2 is 2.14 bits per heavy atom. The lowest BCUT2D eigenvalue weighted by atomic mass is 9.86. The molecular weight excluding hydrogens is 176 g/mol. The van der Waals surface area contributed by atoms with E-state index in [1.165, 1.54) is 12.8 Å². The molecule has 0 radical (unpaired) electrons. The van der Waals surface area contributed by atoms with E-state index < -0.39 is 0 Å². The van der Waals surface area contributed by atoms with Crippen molar-refractivity contribution in [1.82, 2.24) is 5.48 Å². The van der Waals surface area contributed by atoms with Crippen LogP contribution in [-0.4, -0.2) is 12.6 Å². The number of hydroxylamine groups is 1. The molecule has 2 unspecified atom stereocenters. The van der Waals surface area contributed by atoms with Crippen LogP contribution < -0.4 is 5.48 Å². The minimum atomic E-state index is 0.135. The molecule has 1 fully saturated rings. The molecule has 0 saturated heterocycles. The van der Waals surface area contributed by atoms with Gasteiger partial charge in [0.05, 0.1) is 18.6 Å². The van der Waals surface area contributed by atoms with Crippen LogP contribution in [0.3, 0.4) is 0 Å². The monoisotopic (exact) mass is 196 g/mol. The largest absolute Gasteiger partial charge is 0.301 e. The highest BCUT2D eigenvalue weighted by atomic mass is 16.6. The molecule has 3 heteroatoms. The van der Waals surface area contributed by atoms with Crippen molar-refractivity contribution in [2.45, 2.75) is 45.6 Å². The summed E-state index contributed by atoms with van der Waals surface area (Å²) < 4.78 is 0. The Bertz CT molecular complexity index is 198. The summed E-state index contributed by atoms with van der Waals surface area (Å²) in [5.74, 6) is 0.669. The topological polar surface area (TPSA) is 45.0 Å². The van der Waals surface area contributed by atoms with Crippen LogP contribution in [0.25, 0.3) is 0 Å². The SMILES string of the molecule is CC(C)CONC1CCCCC1C#N. The van der Waals surface area contributed by atoms with E-state index in [9.17, 15) is 0 Å². The molecular formula is C11H20N2O. The quantitative estimate of drug-likeness (QED) is 0.701. The maximum absolute atomic E-state index is 8.92. The molecule has 3 nitrogen and oxygen atoms in total. The summed E-state index contributed by atoms with van der Waals surface area (Å²) in [4.78, 5) is 5.37. The van der Waals surface area contributed by atoms with Gasteiger partial charge in [-0.05, 0) is 18.8 Å². The molecule has 2 atom stereocenters. The van der Waals surface area contributed by atoms with Crippen LogP contribution in [-0.2, 0) is 4.84 Å². The summed E-state index contributed by atoms with van der Waals surface area (Å²) >= 11 is 0. The van der Waals surface area contributed by atoms with Gasteiger partial charge in [-0.3, -0.25) is 0 Å². The summed E-state index contributed by atoms with van der Waals surface area (Å²) in [6.07, 6.45) is 4.47. The standard InChI is InChI=1S/C11H20N2O/c1-9(2)8-14-13-11-6-4-3-5-10(11)7-12/h9-11,13H,3-6,8H2,1-2H3. The van der Waals surface area contributed by atoms with Crippen molar-refractivity contribution in [3.63, 3.8) is 0 Å². The second kappa shape index (κ2) is 6.00. The predicted octanol–water partition coefficient (Wildman–Crippen LogP) is 2.25. The Labute approximate surface area is 86.4 Å². The van der Waals surface area contributed by atoms with Gasteiger partial charge in [-0.2, -0.15) is 10.7 Å². The first-order valence-corrected chi connectivity index (χ1v) is 5.51. The highest BCUT2D eigenvalue weighted by molar-refractivity contribution is 4.93. The molecule has 1 aliphatic rings. The molecule has 0 aliphatic heterocycles. The molecule has 0 aromatic heterocycles. The van der Waals surface area contributed by atoms with Crippen LogP contribution in [0, 0.1) is 23.2 Å². The van der Waals surface area contributed by atoms with Gasteiger partial charge in [-0.25, -0.2) is 0 Å². The highest BCUT2D eigenvalue weighted by Gasteiger charge is 2.24. The fraction of sp³-hybridized carbons (Fsp3) is 0.909. The average molecular weight is 196 g/mol. The summed E-state index contributed by atoms with van der Waals surface area (Å²) in [5, 5.41) is 8.92. The van der Waals surface area contributed by atoms with Crippen LogP contribution in [0.15, 0.2) is 0 Å². The lowest BCUT2D eigenvalue weighted by Crippen LogP contribution is -2.38. The zero-order valence-corrected chi connectivity index (χ0v) is 9.12. The molecule has 0 aromatic rings. The van der Waals surface area contributed by atoms with Gasteiger partial charge in [0.15, 0.2) is 0 Å². The second-order valence-corrected chi connectivity index (χ2v) is 4.45. The van der Waals surface area contributed by atoms with Crippen LogP contribution in [0.2, 0.25) is 0 Å². The highest BCUT2D eigenvalue weighted by Crippen LogP contribution is 2.23. The van der Waals surface area contributed by atoms with Crippen molar-refractivity contribution < 1.29 is 4.84 Å². The number of rotatable bonds is 4. The van der Waals surface area contributed by atoms with E-state index in [0.717, 1.165) is 12.8 Å². The third-order valence-electron chi connectivity index (χ3n) is 2.58. The number of hydrogen-bond donors (Lipinski definition) is 1. The van der Waals surface area contributed by atoms with E-state index in [2.05, 4.69) is 25.4 Å². The molecule has 80 valence electrons. The van der Waals surface area contributed by atoms with Crippen molar-refractivity contribution in [3.05, 3.63) is 0 Å². The zero-order valence-electron chi connectivity index (χ0n) is 9.12. The molecule has 0 aromatic carbocycles. The zero-order chi connectivity index (χ0) is 10.4. The molecule has 0 amide bonds. The Kier molecular flexibility index (Phi) is 4.92. The predicted molar refractivity (Wildman–Crippen MR) is 55.3 cm³/mol. The number of nitrogens with zero attached hydrogens (tertiary/aromatic N) is 1. The molecule has 1 rings (SSSR count). The van der Waals surface area contributed by atoms with E-state index >= 15 is 0 Å². The van der Waals surface area contributed by atoms with Crippen molar-refractivity contribution in [2.75, 3.05) is 6.61 Å². The van der Waals surface area contributed by atoms with Gasteiger partial charge >= 0.3 is 0 Å². The molecule has 0 spiro atoms. The fourth-order valence-corrected chi connectivity index (χ4v) is 1.75. The molecule has 1 aliphatic carbocycles. The first kappa shape index (κ1) is 11.5. The molecule has 0 heterocycles. The van der Waals surface area contributed by atoms with Gasteiger partial charge in [-0.1, -0.05) is 26.7 Å². The van der Waals surface area contributed by atoms with Gasteiger partial charge in [0, 0.05) is 6.04 Å². The van der Waals surface area contributed by atoms with E-state index in [0.29, 0.717) is 12.5 Å². The number of nitrogens with one attached hydrogen (secondary N) is 1. The molecule has 0 bridgehead atoms. The van der Waals surface area contributed by atoms with Crippen LogP contribution in [0.1, 0.15) is 39.5 Å². The second-order valence-electron chi connectivity index (χ2n) is 4.45. The third-order valence-corrected chi connectivity index (χ3v) is 2.58. The van der Waals surface area contributed by atoms with Gasteiger partial charge in [0.1, 0.15) is 0 Å². The summed E-state index contributed by atoms with van der Waals surface area (Å²) in [7, 11) is 0. The van der Waals surface area contributed by atoms with Crippen molar-refractivity contribution >= 4 is 0 Å². The molecule has 1 saturated carbocycles. The molecule has 14 heavy (non-hydrogen) atoms. The van der Waals surface area contributed by atoms with Crippen molar-refractivity contribution in [1.29, 1.82) is 5.26 Å². The Morgan fingerprint density at radius 3 is 2.79 bits per heavy atom. The normalized spacial score (nSPS) is 27.6. The lowest BCUT2D eigenvalue weighted by Gasteiger charge is -2.27. The van der Waals surface area contributed by atoms with Crippen molar-refractivity contribution in [2.24, 2.45) is 11.8 Å². The summed E-state index contributed by atoms with van der Waals surface area (Å²) in [6.45, 7) is 4.95. The van der Waals surface area contributed by atoms with E-state index in [4.69, 9.17) is 10.1 Å². The van der Waals surface area contributed by atoms with Crippen LogP contribution >= 0.6 is 0 Å². The average Bonchev–Trinajstić information content (AvgIpc) is 2.18. The minimum absolute atomic E-state index is 0.135. The lowest BCUT2D eigenvalue weighted by molar-refractivity contribution is -0.0148. The maximum Gasteiger partial charge on any atom is 0.0705 e. The van der Waals surface area contributed by atoms with E-state index in [1.54, 1.807) is 0 Å². The van der Waals surface area contributed by atoms with Gasteiger partial charge in [0.25, 0.3) is 0 Å². The fourth-order valence-electron chi connectivity index (χ4n) is 1.75. The smallest absolute Gasteiger partial charge is 0.0705 e. The van der Waals surface area contributed by atoms with Crippen LogP contribution in [0.5, 0.6) is 0 Å². The number of hydrogen-bond acceptors (Lipinski definition) is 3. The summed E-state index contributed by atoms with van der Waals surface area (Å²) in [5.41, 5.74) is 3.03. The first-order valence-electron chi connectivity index (χ1n) is 5.51. The Hall–Kier alpha value is -0.590.